The number of nitrogens with zero attached hydrogens (tertiary/aromatic N) is 1. The topological polar surface area (TPSA) is 69.6 Å². The zero-order valence-corrected chi connectivity index (χ0v) is 12.6. The van der Waals surface area contributed by atoms with Gasteiger partial charge in [-0.3, -0.25) is 4.79 Å². The fourth-order valence-electron chi connectivity index (χ4n) is 3.90. The summed E-state index contributed by atoms with van der Waals surface area (Å²) in [6, 6.07) is -0.0263. The van der Waals surface area contributed by atoms with Gasteiger partial charge in [-0.1, -0.05) is 0 Å². The van der Waals surface area contributed by atoms with Crippen LogP contribution >= 0.6 is 11.8 Å². The minimum atomic E-state index is -0.756. The second-order valence-corrected chi connectivity index (χ2v) is 8.13. The average Bonchev–Trinajstić information content (AvgIpc) is 3.10. The highest BCUT2D eigenvalue weighted by Gasteiger charge is 2.51. The molecule has 0 spiro atoms. The van der Waals surface area contributed by atoms with Crippen LogP contribution in [0.5, 0.6) is 0 Å². The number of carbonyl (C=O) groups is 2. The molecule has 3 aliphatic heterocycles. The lowest BCUT2D eigenvalue weighted by Crippen LogP contribution is -2.47. The summed E-state index contributed by atoms with van der Waals surface area (Å²) in [5, 5.41) is 12.3. The molecule has 2 N–H and O–H groups in total. The third-order valence-electron chi connectivity index (χ3n) is 5.00. The highest BCUT2D eigenvalue weighted by Crippen LogP contribution is 2.42. The van der Waals surface area contributed by atoms with Gasteiger partial charge in [0.15, 0.2) is 0 Å². The highest BCUT2D eigenvalue weighted by atomic mass is 32.2. The van der Waals surface area contributed by atoms with Gasteiger partial charge in [0.25, 0.3) is 0 Å². The molecule has 2 amide bonds. The van der Waals surface area contributed by atoms with Crippen LogP contribution < -0.4 is 5.32 Å². The summed E-state index contributed by atoms with van der Waals surface area (Å²) < 4.78 is 0.153. The van der Waals surface area contributed by atoms with E-state index in [2.05, 4.69) is 12.2 Å². The van der Waals surface area contributed by atoms with Crippen molar-refractivity contribution in [3.05, 3.63) is 0 Å². The van der Waals surface area contributed by atoms with Crippen molar-refractivity contribution in [3.8, 4) is 0 Å². The van der Waals surface area contributed by atoms with E-state index in [9.17, 15) is 14.7 Å². The molecule has 4 atom stereocenters. The summed E-state index contributed by atoms with van der Waals surface area (Å²) in [7, 11) is 0. The van der Waals surface area contributed by atoms with Gasteiger partial charge in [0.1, 0.15) is 0 Å². The predicted octanol–water partition coefficient (Wildman–Crippen LogP) is 1.92. The highest BCUT2D eigenvalue weighted by molar-refractivity contribution is 8.00. The Hall–Kier alpha value is -0.910. The number of fused-ring (bicyclic) bond motifs is 2. The molecule has 3 saturated heterocycles. The molecule has 0 radical (unpaired) electrons. The van der Waals surface area contributed by atoms with Crippen LogP contribution in [0.4, 0.5) is 4.79 Å². The fraction of sp³-hybridized carbons (Fsp3) is 0.857. The van der Waals surface area contributed by atoms with Crippen molar-refractivity contribution in [2.75, 3.05) is 12.3 Å². The second kappa shape index (κ2) is 5.13. The van der Waals surface area contributed by atoms with Gasteiger partial charge in [0, 0.05) is 23.4 Å². The Labute approximate surface area is 123 Å². The number of thioether (sulfide) groups is 1. The minimum Gasteiger partial charge on any atom is -0.481 e. The minimum absolute atomic E-state index is 0.0602. The molecule has 2 bridgehead atoms. The van der Waals surface area contributed by atoms with E-state index in [1.54, 1.807) is 0 Å². The first-order valence-electron chi connectivity index (χ1n) is 7.43. The third kappa shape index (κ3) is 2.38. The Kier molecular flexibility index (Phi) is 3.60. The number of hydrogen-bond acceptors (Lipinski definition) is 3. The fourth-order valence-corrected chi connectivity index (χ4v) is 5.15. The van der Waals surface area contributed by atoms with E-state index in [4.69, 9.17) is 0 Å². The molecule has 4 unspecified atom stereocenters. The maximum atomic E-state index is 12.4. The largest absolute Gasteiger partial charge is 0.481 e. The van der Waals surface area contributed by atoms with Crippen molar-refractivity contribution in [2.24, 2.45) is 5.92 Å². The molecule has 20 heavy (non-hydrogen) atoms. The molecule has 3 aliphatic rings. The van der Waals surface area contributed by atoms with Gasteiger partial charge in [-0.15, -0.1) is 0 Å². The van der Waals surface area contributed by atoms with Gasteiger partial charge in [0.2, 0.25) is 0 Å². The molecule has 3 heterocycles. The zero-order chi connectivity index (χ0) is 14.3. The quantitative estimate of drug-likeness (QED) is 0.835. The number of amides is 2. The standard InChI is InChI=1S/C14H22N2O3S/c1-14(5-2-6-20-14)8-15-13(19)16-9-3-4-11(16)10(7-9)12(17)18/h9-11H,2-8H2,1H3,(H,15,19)(H,17,18). The molecule has 0 aromatic heterocycles. The van der Waals surface area contributed by atoms with Crippen LogP contribution in [0.1, 0.15) is 39.0 Å². The number of carboxylic acids is 1. The Balaban J connectivity index is 1.59. The Morgan fingerprint density at radius 1 is 1.45 bits per heavy atom. The summed E-state index contributed by atoms with van der Waals surface area (Å²) >= 11 is 1.92. The number of urea groups is 1. The number of nitrogens with one attached hydrogen (secondary N) is 1. The predicted molar refractivity (Wildman–Crippen MR) is 77.9 cm³/mol. The first-order valence-corrected chi connectivity index (χ1v) is 8.42. The van der Waals surface area contributed by atoms with E-state index in [1.165, 1.54) is 12.2 Å². The molecule has 0 aliphatic carbocycles. The maximum Gasteiger partial charge on any atom is 0.317 e. The molecule has 0 aromatic carbocycles. The van der Waals surface area contributed by atoms with E-state index in [0.717, 1.165) is 19.3 Å². The van der Waals surface area contributed by atoms with Crippen molar-refractivity contribution in [1.82, 2.24) is 10.2 Å². The molecule has 3 fully saturated rings. The first-order chi connectivity index (χ1) is 9.50. The summed E-state index contributed by atoms with van der Waals surface area (Å²) in [6.07, 6.45) is 4.77. The Morgan fingerprint density at radius 2 is 2.25 bits per heavy atom. The van der Waals surface area contributed by atoms with E-state index >= 15 is 0 Å². The molecule has 5 nitrogen and oxygen atoms in total. The number of rotatable bonds is 3. The van der Waals surface area contributed by atoms with Gasteiger partial charge >= 0.3 is 12.0 Å². The lowest BCUT2D eigenvalue weighted by atomic mass is 9.89. The molecule has 0 saturated carbocycles. The van der Waals surface area contributed by atoms with E-state index in [-0.39, 0.29) is 28.8 Å². The van der Waals surface area contributed by atoms with Crippen LogP contribution in [0.15, 0.2) is 0 Å². The van der Waals surface area contributed by atoms with Crippen molar-refractivity contribution < 1.29 is 14.7 Å². The Morgan fingerprint density at radius 3 is 2.85 bits per heavy atom. The van der Waals surface area contributed by atoms with Crippen molar-refractivity contribution in [3.63, 3.8) is 0 Å². The van der Waals surface area contributed by atoms with Gasteiger partial charge in [-0.25, -0.2) is 4.79 Å². The van der Waals surface area contributed by atoms with Crippen LogP contribution in [0, 0.1) is 5.92 Å². The zero-order valence-electron chi connectivity index (χ0n) is 11.8. The average molecular weight is 298 g/mol. The van der Waals surface area contributed by atoms with E-state index in [1.807, 2.05) is 16.7 Å². The number of aliphatic carboxylic acids is 1. The summed E-state index contributed by atoms with van der Waals surface area (Å²) in [4.78, 5) is 25.4. The molecular weight excluding hydrogens is 276 g/mol. The molecule has 6 heteroatoms. The van der Waals surface area contributed by atoms with E-state index < -0.39 is 5.97 Å². The first kappa shape index (κ1) is 14.0. The van der Waals surface area contributed by atoms with Gasteiger partial charge in [-0.2, -0.15) is 11.8 Å². The summed E-state index contributed by atoms with van der Waals surface area (Å²) in [5.74, 6) is 0.0480. The second-order valence-electron chi connectivity index (χ2n) is 6.45. The van der Waals surface area contributed by atoms with Crippen LogP contribution in [0.25, 0.3) is 0 Å². The van der Waals surface area contributed by atoms with E-state index in [0.29, 0.717) is 13.0 Å². The van der Waals surface area contributed by atoms with Crippen LogP contribution in [0.2, 0.25) is 0 Å². The normalized spacial score (nSPS) is 39.2. The summed E-state index contributed by atoms with van der Waals surface area (Å²) in [5.41, 5.74) is 0. The summed E-state index contributed by atoms with van der Waals surface area (Å²) in [6.45, 7) is 2.88. The van der Waals surface area contributed by atoms with Gasteiger partial charge < -0.3 is 15.3 Å². The van der Waals surface area contributed by atoms with Crippen LogP contribution in [-0.4, -0.2) is 51.1 Å². The van der Waals surface area contributed by atoms with Crippen molar-refractivity contribution >= 4 is 23.8 Å². The molecule has 0 aromatic rings. The lowest BCUT2D eigenvalue weighted by Gasteiger charge is -2.27. The number of carbonyl (C=O) groups excluding carboxylic acids is 1. The molecular formula is C14H22N2O3S. The number of hydrogen-bond donors (Lipinski definition) is 2. The molecule has 3 rings (SSSR count). The van der Waals surface area contributed by atoms with Gasteiger partial charge in [-0.05, 0) is 44.8 Å². The van der Waals surface area contributed by atoms with Crippen LogP contribution in [-0.2, 0) is 4.79 Å². The third-order valence-corrected chi connectivity index (χ3v) is 6.54. The smallest absolute Gasteiger partial charge is 0.317 e. The monoisotopic (exact) mass is 298 g/mol. The Bertz CT molecular complexity index is 423. The lowest BCUT2D eigenvalue weighted by molar-refractivity contribution is -0.142. The SMILES string of the molecule is CC1(CNC(=O)N2C3CCC2C(C(=O)O)C3)CCCS1. The van der Waals surface area contributed by atoms with Crippen molar-refractivity contribution in [2.45, 2.75) is 55.9 Å². The van der Waals surface area contributed by atoms with Gasteiger partial charge in [0.05, 0.1) is 5.92 Å². The molecule has 112 valence electrons. The van der Waals surface area contributed by atoms with Crippen LogP contribution in [0.3, 0.4) is 0 Å². The van der Waals surface area contributed by atoms with Crippen molar-refractivity contribution in [1.29, 1.82) is 0 Å². The maximum absolute atomic E-state index is 12.4. The number of carboxylic acid groups (broad SMARTS) is 1.